The molecule has 0 aromatic heterocycles. The Hall–Kier alpha value is -0.820. The fourth-order valence-corrected chi connectivity index (χ4v) is 1.98. The van der Waals surface area contributed by atoms with Crippen LogP contribution in [0, 0.1) is 5.92 Å². The predicted molar refractivity (Wildman–Crippen MR) is 58.1 cm³/mol. The minimum absolute atomic E-state index is 0.227. The summed E-state index contributed by atoms with van der Waals surface area (Å²) in [5, 5.41) is 10.0. The van der Waals surface area contributed by atoms with Gasteiger partial charge in [-0.05, 0) is 36.3 Å². The van der Waals surface area contributed by atoms with E-state index < -0.39 is 0 Å². The third kappa shape index (κ3) is 1.83. The smallest absolute Gasteiger partial charge is 0.0818 e. The highest BCUT2D eigenvalue weighted by atomic mass is 16.3. The maximum absolute atomic E-state index is 10.0. The highest BCUT2D eigenvalue weighted by Gasteiger charge is 2.26. The molecule has 1 heteroatoms. The van der Waals surface area contributed by atoms with Crippen molar-refractivity contribution < 1.29 is 5.11 Å². The second-order valence-electron chi connectivity index (χ2n) is 4.23. The van der Waals surface area contributed by atoms with Gasteiger partial charge in [-0.25, -0.2) is 0 Å². The zero-order chi connectivity index (χ0) is 9.97. The number of hydrogen-bond donors (Lipinski definition) is 1. The standard InChI is InChI=1S/C13H18O/c1-2-10-6-8-12(9-7-10)13(14)11-4-3-5-11/h6-9,11,13-14H,2-5H2,1H3. The second kappa shape index (κ2) is 4.14. The SMILES string of the molecule is CCc1ccc(C(O)C2CCC2)cc1. The van der Waals surface area contributed by atoms with Crippen LogP contribution in [0.2, 0.25) is 0 Å². The summed E-state index contributed by atoms with van der Waals surface area (Å²) in [5.41, 5.74) is 2.43. The van der Waals surface area contributed by atoms with Crippen molar-refractivity contribution in [2.45, 2.75) is 38.7 Å². The number of rotatable bonds is 3. The summed E-state index contributed by atoms with van der Waals surface area (Å²) >= 11 is 0. The van der Waals surface area contributed by atoms with Gasteiger partial charge in [-0.1, -0.05) is 37.6 Å². The molecule has 1 N–H and O–H groups in total. The van der Waals surface area contributed by atoms with Gasteiger partial charge in [0.25, 0.3) is 0 Å². The third-order valence-electron chi connectivity index (χ3n) is 3.33. The Kier molecular flexibility index (Phi) is 2.87. The molecular weight excluding hydrogens is 172 g/mol. The van der Waals surface area contributed by atoms with Crippen molar-refractivity contribution in [1.29, 1.82) is 0 Å². The van der Waals surface area contributed by atoms with Gasteiger partial charge in [-0.2, -0.15) is 0 Å². The molecule has 1 unspecified atom stereocenters. The van der Waals surface area contributed by atoms with E-state index in [2.05, 4.69) is 31.2 Å². The number of benzene rings is 1. The Morgan fingerprint density at radius 3 is 2.36 bits per heavy atom. The van der Waals surface area contributed by atoms with Crippen molar-refractivity contribution in [3.05, 3.63) is 35.4 Å². The molecular formula is C13H18O. The molecule has 14 heavy (non-hydrogen) atoms. The molecule has 1 saturated carbocycles. The number of aliphatic hydroxyl groups is 1. The van der Waals surface area contributed by atoms with Crippen LogP contribution in [0.25, 0.3) is 0 Å². The van der Waals surface area contributed by atoms with Crippen LogP contribution >= 0.6 is 0 Å². The lowest BCUT2D eigenvalue weighted by Crippen LogP contribution is -2.19. The summed E-state index contributed by atoms with van der Waals surface area (Å²) in [6.45, 7) is 2.15. The molecule has 1 atom stereocenters. The Labute approximate surface area is 85.8 Å². The van der Waals surface area contributed by atoms with Crippen molar-refractivity contribution in [3.63, 3.8) is 0 Å². The highest BCUT2D eigenvalue weighted by molar-refractivity contribution is 5.24. The van der Waals surface area contributed by atoms with E-state index in [4.69, 9.17) is 0 Å². The maximum atomic E-state index is 10.0. The molecule has 0 bridgehead atoms. The third-order valence-corrected chi connectivity index (χ3v) is 3.33. The second-order valence-corrected chi connectivity index (χ2v) is 4.23. The van der Waals surface area contributed by atoms with E-state index in [9.17, 15) is 5.11 Å². The van der Waals surface area contributed by atoms with Gasteiger partial charge in [-0.15, -0.1) is 0 Å². The van der Waals surface area contributed by atoms with Crippen LogP contribution in [-0.4, -0.2) is 5.11 Å². The Balaban J connectivity index is 2.07. The normalized spacial score (nSPS) is 19.0. The zero-order valence-corrected chi connectivity index (χ0v) is 8.74. The van der Waals surface area contributed by atoms with Gasteiger partial charge in [0, 0.05) is 0 Å². The average Bonchev–Trinajstić information content (AvgIpc) is 2.15. The van der Waals surface area contributed by atoms with Crippen molar-refractivity contribution >= 4 is 0 Å². The first-order valence-electron chi connectivity index (χ1n) is 5.58. The molecule has 76 valence electrons. The lowest BCUT2D eigenvalue weighted by molar-refractivity contribution is 0.0621. The van der Waals surface area contributed by atoms with Crippen molar-refractivity contribution in [2.75, 3.05) is 0 Å². The van der Waals surface area contributed by atoms with E-state index >= 15 is 0 Å². The van der Waals surface area contributed by atoms with E-state index in [0.29, 0.717) is 5.92 Å². The van der Waals surface area contributed by atoms with Gasteiger partial charge >= 0.3 is 0 Å². The minimum atomic E-state index is -0.227. The summed E-state index contributed by atoms with van der Waals surface area (Å²) in [6, 6.07) is 8.39. The van der Waals surface area contributed by atoms with Crippen molar-refractivity contribution in [2.24, 2.45) is 5.92 Å². The monoisotopic (exact) mass is 190 g/mol. The summed E-state index contributed by atoms with van der Waals surface area (Å²) in [6.07, 6.45) is 4.51. The Bertz CT molecular complexity index is 285. The van der Waals surface area contributed by atoms with Crippen LogP contribution in [-0.2, 0) is 6.42 Å². The zero-order valence-electron chi connectivity index (χ0n) is 8.74. The van der Waals surface area contributed by atoms with Crippen molar-refractivity contribution in [3.8, 4) is 0 Å². The fraction of sp³-hybridized carbons (Fsp3) is 0.538. The number of aryl methyl sites for hydroxylation is 1. The van der Waals surface area contributed by atoms with Crippen LogP contribution in [0.15, 0.2) is 24.3 Å². The van der Waals surface area contributed by atoms with Gasteiger partial charge in [-0.3, -0.25) is 0 Å². The van der Waals surface area contributed by atoms with Crippen molar-refractivity contribution in [1.82, 2.24) is 0 Å². The quantitative estimate of drug-likeness (QED) is 0.776. The van der Waals surface area contributed by atoms with Crippen LogP contribution < -0.4 is 0 Å². The molecule has 0 spiro atoms. The first-order chi connectivity index (χ1) is 6.81. The van der Waals surface area contributed by atoms with Crippen LogP contribution in [0.3, 0.4) is 0 Å². The predicted octanol–water partition coefficient (Wildman–Crippen LogP) is 3.08. The summed E-state index contributed by atoms with van der Waals surface area (Å²) < 4.78 is 0. The largest absolute Gasteiger partial charge is 0.388 e. The topological polar surface area (TPSA) is 20.2 Å². The first-order valence-corrected chi connectivity index (χ1v) is 5.58. The summed E-state index contributed by atoms with van der Waals surface area (Å²) in [5.74, 6) is 0.516. The lowest BCUT2D eigenvalue weighted by atomic mass is 9.79. The number of aliphatic hydroxyl groups excluding tert-OH is 1. The number of hydrogen-bond acceptors (Lipinski definition) is 1. The van der Waals surface area contributed by atoms with E-state index in [1.165, 1.54) is 24.8 Å². The minimum Gasteiger partial charge on any atom is -0.388 e. The van der Waals surface area contributed by atoms with Gasteiger partial charge in [0.05, 0.1) is 6.10 Å². The molecule has 1 nitrogen and oxygen atoms in total. The van der Waals surface area contributed by atoms with Crippen LogP contribution in [0.4, 0.5) is 0 Å². The summed E-state index contributed by atoms with van der Waals surface area (Å²) in [4.78, 5) is 0. The average molecular weight is 190 g/mol. The molecule has 0 amide bonds. The van der Waals surface area contributed by atoms with Gasteiger partial charge < -0.3 is 5.11 Å². The van der Waals surface area contributed by atoms with Gasteiger partial charge in [0.15, 0.2) is 0 Å². The van der Waals surface area contributed by atoms with Crippen LogP contribution in [0.5, 0.6) is 0 Å². The molecule has 1 aliphatic carbocycles. The van der Waals surface area contributed by atoms with Gasteiger partial charge in [0.2, 0.25) is 0 Å². The molecule has 1 aliphatic rings. The van der Waals surface area contributed by atoms with Gasteiger partial charge in [0.1, 0.15) is 0 Å². The maximum Gasteiger partial charge on any atom is 0.0818 e. The van der Waals surface area contributed by atoms with Crippen LogP contribution in [0.1, 0.15) is 43.4 Å². The molecule has 0 aliphatic heterocycles. The lowest BCUT2D eigenvalue weighted by Gasteiger charge is -2.30. The summed E-state index contributed by atoms with van der Waals surface area (Å²) in [7, 11) is 0. The van der Waals surface area contributed by atoms with E-state index in [1.54, 1.807) is 0 Å². The fourth-order valence-electron chi connectivity index (χ4n) is 1.98. The molecule has 0 radical (unpaired) electrons. The molecule has 1 aromatic carbocycles. The highest BCUT2D eigenvalue weighted by Crippen LogP contribution is 2.37. The Morgan fingerprint density at radius 1 is 1.29 bits per heavy atom. The Morgan fingerprint density at radius 2 is 1.93 bits per heavy atom. The van der Waals surface area contributed by atoms with E-state index in [1.807, 2.05) is 0 Å². The molecule has 1 fully saturated rings. The molecule has 0 saturated heterocycles. The molecule has 0 heterocycles. The first kappa shape index (κ1) is 9.72. The van der Waals surface area contributed by atoms with E-state index in [-0.39, 0.29) is 6.10 Å². The molecule has 1 aromatic rings. The van der Waals surface area contributed by atoms with E-state index in [0.717, 1.165) is 12.0 Å². The molecule has 2 rings (SSSR count).